The summed E-state index contributed by atoms with van der Waals surface area (Å²) < 4.78 is 13.4. The van der Waals surface area contributed by atoms with Gasteiger partial charge < -0.3 is 9.47 Å². The maximum Gasteiger partial charge on any atom is 0.338 e. The summed E-state index contributed by atoms with van der Waals surface area (Å²) >= 11 is 1.27. The number of allylic oxidation sites excluding steroid dienone is 1. The highest BCUT2D eigenvalue weighted by atomic mass is 32.1. The normalized spacial score (nSPS) is 15.9. The maximum absolute atomic E-state index is 13.6. The van der Waals surface area contributed by atoms with Crippen LogP contribution in [0, 0.1) is 0 Å². The van der Waals surface area contributed by atoms with Crippen LogP contribution in [0.5, 0.6) is 5.75 Å². The summed E-state index contributed by atoms with van der Waals surface area (Å²) in [6, 6.07) is 12.2. The molecule has 1 atom stereocenters. The second-order valence-electron chi connectivity index (χ2n) is 7.76. The molecule has 0 aliphatic carbocycles. The van der Waals surface area contributed by atoms with Crippen LogP contribution in [0.25, 0.3) is 6.08 Å². The summed E-state index contributed by atoms with van der Waals surface area (Å²) in [5.41, 5.74) is 1.97. The van der Waals surface area contributed by atoms with E-state index in [4.69, 9.17) is 9.47 Å². The highest BCUT2D eigenvalue weighted by Gasteiger charge is 2.35. The van der Waals surface area contributed by atoms with Gasteiger partial charge in [0.15, 0.2) is 4.80 Å². The molecule has 0 unspecified atom stereocenters. The van der Waals surface area contributed by atoms with E-state index in [-0.39, 0.29) is 18.3 Å². The Bertz CT molecular complexity index is 1390. The number of carbonyl (C=O) groups excluding carboxylic acids is 1. The van der Waals surface area contributed by atoms with E-state index in [0.717, 1.165) is 0 Å². The quantitative estimate of drug-likeness (QED) is 0.525. The van der Waals surface area contributed by atoms with E-state index in [1.165, 1.54) is 11.3 Å². The van der Waals surface area contributed by atoms with E-state index in [1.54, 1.807) is 30.7 Å². The number of fused-ring (bicyclic) bond motifs is 1. The molecule has 1 aromatic carbocycles. The van der Waals surface area contributed by atoms with Crippen molar-refractivity contribution in [3.8, 4) is 5.75 Å². The van der Waals surface area contributed by atoms with Gasteiger partial charge in [-0.3, -0.25) is 14.3 Å². The molecule has 8 heteroatoms. The molecule has 3 heterocycles. The van der Waals surface area contributed by atoms with Crippen LogP contribution in [0.1, 0.15) is 45.0 Å². The minimum Gasteiger partial charge on any atom is -0.491 e. The topological polar surface area (TPSA) is 82.8 Å². The molecule has 0 saturated heterocycles. The number of ether oxygens (including phenoxy) is 2. The van der Waals surface area contributed by atoms with Crippen LogP contribution in [-0.4, -0.2) is 28.2 Å². The van der Waals surface area contributed by atoms with E-state index in [0.29, 0.717) is 37.6 Å². The van der Waals surface area contributed by atoms with Crippen molar-refractivity contribution in [2.75, 3.05) is 6.61 Å². The lowest BCUT2D eigenvalue weighted by molar-refractivity contribution is -0.139. The Morgan fingerprint density at radius 3 is 2.67 bits per heavy atom. The summed E-state index contributed by atoms with van der Waals surface area (Å²) in [5.74, 6) is 0.107. The molecule has 0 amide bonds. The minimum atomic E-state index is -0.721. The van der Waals surface area contributed by atoms with Crippen molar-refractivity contribution >= 4 is 23.4 Å². The number of aromatic nitrogens is 2. The molecule has 3 aromatic rings. The molecule has 2 aromatic heterocycles. The molecule has 33 heavy (non-hydrogen) atoms. The zero-order chi connectivity index (χ0) is 23.5. The Kier molecular flexibility index (Phi) is 6.55. The van der Waals surface area contributed by atoms with Crippen LogP contribution >= 0.6 is 11.3 Å². The predicted molar refractivity (Wildman–Crippen MR) is 127 cm³/mol. The molecule has 0 N–H and O–H groups in total. The van der Waals surface area contributed by atoms with Gasteiger partial charge >= 0.3 is 5.97 Å². The van der Waals surface area contributed by atoms with Gasteiger partial charge in [0.25, 0.3) is 5.56 Å². The number of carbonyl (C=O) groups is 1. The summed E-state index contributed by atoms with van der Waals surface area (Å²) in [6.45, 7) is 7.60. The van der Waals surface area contributed by atoms with Gasteiger partial charge in [-0.1, -0.05) is 35.6 Å². The highest BCUT2D eigenvalue weighted by Crippen LogP contribution is 2.36. The number of rotatable bonds is 6. The fourth-order valence-corrected chi connectivity index (χ4v) is 4.78. The molecule has 0 radical (unpaired) electrons. The molecule has 0 spiro atoms. The zero-order valence-corrected chi connectivity index (χ0v) is 19.8. The number of nitrogens with zero attached hydrogens (tertiary/aromatic N) is 3. The van der Waals surface area contributed by atoms with Gasteiger partial charge in [0.2, 0.25) is 0 Å². The Morgan fingerprint density at radius 2 is 1.97 bits per heavy atom. The first kappa shape index (κ1) is 22.7. The maximum atomic E-state index is 13.6. The summed E-state index contributed by atoms with van der Waals surface area (Å²) in [4.78, 5) is 36.0. The van der Waals surface area contributed by atoms with Crippen LogP contribution in [0.2, 0.25) is 0 Å². The van der Waals surface area contributed by atoms with Crippen molar-refractivity contribution in [2.45, 2.75) is 39.8 Å². The van der Waals surface area contributed by atoms with Crippen LogP contribution in [0.3, 0.4) is 0 Å². The number of thiazole rings is 1. The third-order valence-corrected chi connectivity index (χ3v) is 6.04. The monoisotopic (exact) mass is 463 g/mol. The molecule has 1 aliphatic rings. The molecule has 1 aliphatic heterocycles. The average molecular weight is 464 g/mol. The first-order valence-corrected chi connectivity index (χ1v) is 11.6. The Balaban J connectivity index is 1.99. The number of para-hydroxylation sites is 1. The van der Waals surface area contributed by atoms with E-state index >= 15 is 0 Å². The molecule has 0 saturated carbocycles. The molecule has 0 fully saturated rings. The lowest BCUT2D eigenvalue weighted by Gasteiger charge is -2.26. The third-order valence-electron chi connectivity index (χ3n) is 5.06. The molecule has 0 bridgehead atoms. The van der Waals surface area contributed by atoms with Crippen LogP contribution in [0.15, 0.2) is 69.7 Å². The SMILES string of the molecule is CCOC(=O)C1=C(C)N=c2s/c(=C/c3ccccn3)c(=O)n2[C@@H]1c1ccccc1OC(C)C. The van der Waals surface area contributed by atoms with Crippen LogP contribution in [0.4, 0.5) is 0 Å². The van der Waals surface area contributed by atoms with Crippen molar-refractivity contribution in [1.82, 2.24) is 9.55 Å². The van der Waals surface area contributed by atoms with Gasteiger partial charge in [0.1, 0.15) is 11.8 Å². The number of hydrogen-bond acceptors (Lipinski definition) is 7. The van der Waals surface area contributed by atoms with Crippen LogP contribution in [-0.2, 0) is 9.53 Å². The van der Waals surface area contributed by atoms with Crippen LogP contribution < -0.4 is 19.6 Å². The minimum absolute atomic E-state index is 0.0812. The van der Waals surface area contributed by atoms with E-state index in [2.05, 4.69) is 9.98 Å². The zero-order valence-electron chi connectivity index (χ0n) is 18.9. The molecule has 4 rings (SSSR count). The van der Waals surface area contributed by atoms with E-state index in [1.807, 2.05) is 56.3 Å². The lowest BCUT2D eigenvalue weighted by Crippen LogP contribution is -2.40. The molecular formula is C25H25N3O4S. The largest absolute Gasteiger partial charge is 0.491 e. The summed E-state index contributed by atoms with van der Waals surface area (Å²) in [5, 5.41) is 0. The molecule has 7 nitrogen and oxygen atoms in total. The van der Waals surface area contributed by atoms with Gasteiger partial charge in [-0.15, -0.1) is 0 Å². The fourth-order valence-electron chi connectivity index (χ4n) is 3.75. The van der Waals surface area contributed by atoms with E-state index in [9.17, 15) is 9.59 Å². The Hall–Kier alpha value is -3.52. The van der Waals surface area contributed by atoms with E-state index < -0.39 is 12.0 Å². The van der Waals surface area contributed by atoms with Gasteiger partial charge in [-0.2, -0.15) is 0 Å². The molecular weight excluding hydrogens is 438 g/mol. The number of esters is 1. The smallest absolute Gasteiger partial charge is 0.338 e. The number of hydrogen-bond donors (Lipinski definition) is 0. The average Bonchev–Trinajstić information content (AvgIpc) is 3.08. The highest BCUT2D eigenvalue weighted by molar-refractivity contribution is 7.07. The van der Waals surface area contributed by atoms with Gasteiger partial charge in [0.05, 0.1) is 34.2 Å². The number of pyridine rings is 1. The van der Waals surface area contributed by atoms with Crippen molar-refractivity contribution in [1.29, 1.82) is 0 Å². The van der Waals surface area contributed by atoms with Crippen molar-refractivity contribution < 1.29 is 14.3 Å². The predicted octanol–water partition coefficient (Wildman–Crippen LogP) is 2.98. The first-order valence-electron chi connectivity index (χ1n) is 10.8. The third kappa shape index (κ3) is 4.52. The summed E-state index contributed by atoms with van der Waals surface area (Å²) in [6.07, 6.45) is 3.33. The second kappa shape index (κ2) is 9.54. The fraction of sp³-hybridized carbons (Fsp3) is 0.280. The Morgan fingerprint density at radius 1 is 1.21 bits per heavy atom. The second-order valence-corrected chi connectivity index (χ2v) is 8.77. The summed E-state index contributed by atoms with van der Waals surface area (Å²) in [7, 11) is 0. The van der Waals surface area contributed by atoms with Gasteiger partial charge in [-0.25, -0.2) is 9.79 Å². The standard InChI is InChI=1S/C25H25N3O4S/c1-5-31-24(30)21-16(4)27-25-28(22(21)18-11-6-7-12-19(18)32-15(2)3)23(29)20(33-25)14-17-10-8-9-13-26-17/h6-15,22H,5H2,1-4H3/b20-14+/t22-/m1/s1. The lowest BCUT2D eigenvalue weighted by atomic mass is 9.95. The van der Waals surface area contributed by atoms with Gasteiger partial charge in [0, 0.05) is 11.8 Å². The first-order chi connectivity index (χ1) is 15.9. The van der Waals surface area contributed by atoms with Gasteiger partial charge in [-0.05, 0) is 52.0 Å². The number of benzene rings is 1. The van der Waals surface area contributed by atoms with Crippen molar-refractivity contribution in [3.63, 3.8) is 0 Å². The van der Waals surface area contributed by atoms with Crippen molar-refractivity contribution in [3.05, 3.63) is 90.9 Å². The molecule has 170 valence electrons. The Labute approximate surface area is 195 Å². The van der Waals surface area contributed by atoms with Crippen molar-refractivity contribution in [2.24, 2.45) is 4.99 Å².